The van der Waals surface area contributed by atoms with Crippen molar-refractivity contribution in [3.63, 3.8) is 0 Å². The number of carbonyl (C=O) groups excluding carboxylic acids is 1. The van der Waals surface area contributed by atoms with Crippen molar-refractivity contribution in [2.24, 2.45) is 0 Å². The van der Waals surface area contributed by atoms with E-state index in [1.165, 1.54) is 0 Å². The number of hydrogen-bond acceptors (Lipinski definition) is 7. The number of nitrogens with one attached hydrogen (secondary N) is 1. The lowest BCUT2D eigenvalue weighted by atomic mass is 10.1. The van der Waals surface area contributed by atoms with E-state index < -0.39 is 0 Å². The number of thiazole rings is 1. The van der Waals surface area contributed by atoms with Crippen LogP contribution in [0.15, 0.2) is 48.9 Å². The van der Waals surface area contributed by atoms with Gasteiger partial charge in [-0.25, -0.2) is 9.97 Å². The van der Waals surface area contributed by atoms with Crippen LogP contribution in [0, 0.1) is 0 Å². The second-order valence-corrected chi connectivity index (χ2v) is 9.77. The van der Waals surface area contributed by atoms with Gasteiger partial charge in [-0.05, 0) is 37.5 Å². The minimum Gasteiger partial charge on any atom is -0.383 e. The fraction of sp³-hybridized carbons (Fsp3) is 0.333. The zero-order valence-electron chi connectivity index (χ0n) is 18.1. The summed E-state index contributed by atoms with van der Waals surface area (Å²) >= 11 is 1.61. The van der Waals surface area contributed by atoms with Crippen molar-refractivity contribution in [2.45, 2.75) is 31.3 Å². The van der Waals surface area contributed by atoms with Crippen LogP contribution >= 0.6 is 11.3 Å². The highest BCUT2D eigenvalue weighted by molar-refractivity contribution is 7.21. The van der Waals surface area contributed by atoms with E-state index in [0.717, 1.165) is 70.8 Å². The highest BCUT2D eigenvalue weighted by atomic mass is 32.1. The normalized spacial score (nSPS) is 20.7. The first-order valence-electron chi connectivity index (χ1n) is 11.3. The van der Waals surface area contributed by atoms with Crippen LogP contribution in [0.3, 0.4) is 0 Å². The lowest BCUT2D eigenvalue weighted by Gasteiger charge is -2.19. The van der Waals surface area contributed by atoms with Crippen LogP contribution in [-0.2, 0) is 4.79 Å². The Kier molecular flexibility index (Phi) is 5.07. The number of nitrogens with two attached hydrogens (primary N) is 1. The number of pyridine rings is 1. The van der Waals surface area contributed by atoms with E-state index in [1.54, 1.807) is 17.5 Å². The summed E-state index contributed by atoms with van der Waals surface area (Å²) in [6, 6.07) is 10.1. The maximum Gasteiger partial charge on any atom is 0.239 e. The van der Waals surface area contributed by atoms with Crippen molar-refractivity contribution in [3.8, 4) is 21.7 Å². The zero-order valence-corrected chi connectivity index (χ0v) is 19.0. The van der Waals surface area contributed by atoms with Crippen molar-refractivity contribution < 1.29 is 4.79 Å². The molecule has 3 aromatic heterocycles. The van der Waals surface area contributed by atoms with Crippen molar-refractivity contribution >= 4 is 33.3 Å². The van der Waals surface area contributed by atoms with Crippen LogP contribution in [0.5, 0.6) is 0 Å². The molecule has 0 spiro atoms. The molecule has 33 heavy (non-hydrogen) atoms. The van der Waals surface area contributed by atoms with Gasteiger partial charge in [-0.2, -0.15) is 5.10 Å². The molecule has 0 bridgehead atoms. The molecule has 4 aromatic rings. The number of aromatic nitrogens is 4. The van der Waals surface area contributed by atoms with E-state index in [-0.39, 0.29) is 18.0 Å². The summed E-state index contributed by atoms with van der Waals surface area (Å²) < 4.78 is 3.09. The second-order valence-electron chi connectivity index (χ2n) is 8.74. The van der Waals surface area contributed by atoms with Crippen molar-refractivity contribution in [2.75, 3.05) is 25.4 Å². The van der Waals surface area contributed by atoms with Crippen LogP contribution < -0.4 is 11.1 Å². The molecule has 1 aromatic carbocycles. The summed E-state index contributed by atoms with van der Waals surface area (Å²) in [7, 11) is 0. The van der Waals surface area contributed by atoms with Gasteiger partial charge in [0.15, 0.2) is 0 Å². The first-order chi connectivity index (χ1) is 16.2. The molecule has 0 aliphatic carbocycles. The number of hydrogen-bond donors (Lipinski definition) is 2. The van der Waals surface area contributed by atoms with E-state index in [1.807, 2.05) is 46.2 Å². The summed E-state index contributed by atoms with van der Waals surface area (Å²) in [5, 5.41) is 8.86. The van der Waals surface area contributed by atoms with E-state index >= 15 is 0 Å². The Morgan fingerprint density at radius 3 is 2.85 bits per heavy atom. The van der Waals surface area contributed by atoms with Crippen molar-refractivity contribution in [1.82, 2.24) is 30.0 Å². The first kappa shape index (κ1) is 20.3. The molecular formula is C24H25N7OS. The minimum atomic E-state index is -0.121. The topological polar surface area (TPSA) is 102 Å². The van der Waals surface area contributed by atoms with Crippen LogP contribution in [0.2, 0.25) is 0 Å². The Balaban J connectivity index is 1.23. The summed E-state index contributed by atoms with van der Waals surface area (Å²) in [6.45, 7) is 2.51. The van der Waals surface area contributed by atoms with Gasteiger partial charge in [0.1, 0.15) is 10.8 Å². The Hall–Kier alpha value is -3.30. The predicted octanol–water partition coefficient (Wildman–Crippen LogP) is 3.33. The largest absolute Gasteiger partial charge is 0.383 e. The number of fused-ring (bicyclic) bond motifs is 1. The molecule has 2 atom stereocenters. The summed E-state index contributed by atoms with van der Waals surface area (Å²) in [6.07, 6.45) is 8.64. The predicted molar refractivity (Wildman–Crippen MR) is 130 cm³/mol. The third-order valence-electron chi connectivity index (χ3n) is 6.58. The number of amides is 1. The number of rotatable bonds is 4. The van der Waals surface area contributed by atoms with Crippen molar-refractivity contribution in [1.29, 1.82) is 0 Å². The van der Waals surface area contributed by atoms with Gasteiger partial charge >= 0.3 is 0 Å². The Bertz CT molecular complexity index is 1290. The monoisotopic (exact) mass is 459 g/mol. The van der Waals surface area contributed by atoms with Gasteiger partial charge < -0.3 is 16.0 Å². The standard InChI is InChI=1S/C24H25N7OS/c25-22-18(23-29-19-5-1-2-6-21(19)33-23)9-15(11-27-22)16-12-28-31(14-16)17-10-20(26-13-17)24(32)30-7-3-4-8-30/h1-2,5-6,9,11-12,14,17,20,26H,3-4,7-8,10,13H2,(H2,25,27)/t17-,20+/m0/s1. The molecule has 2 aliphatic rings. The Morgan fingerprint density at radius 2 is 2.00 bits per heavy atom. The van der Waals surface area contributed by atoms with Gasteiger partial charge in [-0.1, -0.05) is 12.1 Å². The maximum absolute atomic E-state index is 12.7. The second kappa shape index (κ2) is 8.24. The van der Waals surface area contributed by atoms with Crippen LogP contribution in [0.4, 0.5) is 5.82 Å². The average molecular weight is 460 g/mol. The van der Waals surface area contributed by atoms with Crippen LogP contribution in [-0.4, -0.2) is 56.2 Å². The molecule has 168 valence electrons. The van der Waals surface area contributed by atoms with E-state index in [0.29, 0.717) is 5.82 Å². The molecular weight excluding hydrogens is 434 g/mol. The molecule has 2 saturated heterocycles. The fourth-order valence-electron chi connectivity index (χ4n) is 4.74. The van der Waals surface area contributed by atoms with Gasteiger partial charge in [-0.3, -0.25) is 9.48 Å². The molecule has 5 heterocycles. The number of nitrogen functional groups attached to an aromatic ring is 1. The van der Waals surface area contributed by atoms with E-state index in [4.69, 9.17) is 10.7 Å². The van der Waals surface area contributed by atoms with Gasteiger partial charge in [-0.15, -0.1) is 11.3 Å². The molecule has 8 nitrogen and oxygen atoms in total. The molecule has 2 aliphatic heterocycles. The maximum atomic E-state index is 12.7. The summed E-state index contributed by atoms with van der Waals surface area (Å²) in [5.41, 5.74) is 9.92. The van der Waals surface area contributed by atoms with E-state index in [2.05, 4.69) is 21.5 Å². The number of carbonyl (C=O) groups is 1. The SMILES string of the molecule is Nc1ncc(-c2cnn([C@@H]3CN[C@@H](C(=O)N4CCCC4)C3)c2)cc1-c1nc2ccccc2s1. The smallest absolute Gasteiger partial charge is 0.239 e. The van der Waals surface area contributed by atoms with Crippen LogP contribution in [0.1, 0.15) is 25.3 Å². The van der Waals surface area contributed by atoms with Gasteiger partial charge in [0.05, 0.1) is 34.1 Å². The van der Waals surface area contributed by atoms with Gasteiger partial charge in [0.25, 0.3) is 0 Å². The number of nitrogens with zero attached hydrogens (tertiary/aromatic N) is 5. The van der Waals surface area contributed by atoms with Gasteiger partial charge in [0, 0.05) is 43.2 Å². The Morgan fingerprint density at radius 1 is 1.15 bits per heavy atom. The highest BCUT2D eigenvalue weighted by Crippen LogP contribution is 2.35. The van der Waals surface area contributed by atoms with E-state index in [9.17, 15) is 4.79 Å². The molecule has 3 N–H and O–H groups in total. The Labute approximate surface area is 195 Å². The highest BCUT2D eigenvalue weighted by Gasteiger charge is 2.34. The van der Waals surface area contributed by atoms with Crippen molar-refractivity contribution in [3.05, 3.63) is 48.9 Å². The minimum absolute atomic E-state index is 0.121. The van der Waals surface area contributed by atoms with Crippen LogP contribution in [0.25, 0.3) is 31.9 Å². The number of para-hydroxylation sites is 1. The average Bonchev–Trinajstić information content (AvgIpc) is 3.63. The molecule has 9 heteroatoms. The lowest BCUT2D eigenvalue weighted by Crippen LogP contribution is -2.42. The lowest BCUT2D eigenvalue weighted by molar-refractivity contribution is -0.132. The number of likely N-dealkylation sites (tertiary alicyclic amines) is 1. The third kappa shape index (κ3) is 3.77. The molecule has 2 fully saturated rings. The molecule has 0 unspecified atom stereocenters. The number of anilines is 1. The quantitative estimate of drug-likeness (QED) is 0.485. The first-order valence-corrected chi connectivity index (χ1v) is 12.2. The molecule has 0 saturated carbocycles. The molecule has 1 amide bonds. The number of benzene rings is 1. The fourth-order valence-corrected chi connectivity index (χ4v) is 5.73. The van der Waals surface area contributed by atoms with Gasteiger partial charge in [0.2, 0.25) is 5.91 Å². The molecule has 6 rings (SSSR count). The summed E-state index contributed by atoms with van der Waals surface area (Å²) in [5.74, 6) is 0.694. The zero-order chi connectivity index (χ0) is 22.4. The third-order valence-corrected chi connectivity index (χ3v) is 7.64. The summed E-state index contributed by atoms with van der Waals surface area (Å²) in [4.78, 5) is 23.9. The molecule has 0 radical (unpaired) electrons.